The normalized spacial score (nSPS) is 12.4. The zero-order valence-electron chi connectivity index (χ0n) is 14.9. The summed E-state index contributed by atoms with van der Waals surface area (Å²) < 4.78 is 10.8. The highest BCUT2D eigenvalue weighted by Crippen LogP contribution is 2.20. The van der Waals surface area contributed by atoms with Gasteiger partial charge in [-0.3, -0.25) is 0 Å². The minimum atomic E-state index is -0.461. The van der Waals surface area contributed by atoms with Gasteiger partial charge in [0.25, 0.3) is 0 Å². The molecule has 2 aromatic rings. The molecule has 25 heavy (non-hydrogen) atoms. The quantitative estimate of drug-likeness (QED) is 0.417. The van der Waals surface area contributed by atoms with Gasteiger partial charge in [-0.15, -0.1) is 0 Å². The van der Waals surface area contributed by atoms with Crippen molar-refractivity contribution in [2.75, 3.05) is 7.11 Å². The summed E-state index contributed by atoms with van der Waals surface area (Å²) in [7, 11) is 1.60. The van der Waals surface area contributed by atoms with Gasteiger partial charge in [0, 0.05) is 5.56 Å². The van der Waals surface area contributed by atoms with Crippen LogP contribution in [0.15, 0.2) is 71.7 Å². The number of esters is 1. The lowest BCUT2D eigenvalue weighted by molar-refractivity contribution is -0.139. The smallest absolute Gasteiger partial charge is 0.358 e. The number of ether oxygens (including phenoxy) is 2. The number of carbonyl (C=O) groups excluding carboxylic acids is 1. The number of methoxy groups -OCH3 is 1. The second-order valence-corrected chi connectivity index (χ2v) is 5.67. The number of nitrogens with zero attached hydrogens (tertiary/aromatic N) is 1. The van der Waals surface area contributed by atoms with Gasteiger partial charge in [0.05, 0.1) is 12.8 Å². The summed E-state index contributed by atoms with van der Waals surface area (Å²) >= 11 is 0. The molecule has 0 amide bonds. The van der Waals surface area contributed by atoms with Crippen molar-refractivity contribution in [3.05, 3.63) is 72.3 Å². The van der Waals surface area contributed by atoms with E-state index in [2.05, 4.69) is 11.6 Å². The Morgan fingerprint density at radius 3 is 2.28 bits per heavy atom. The lowest BCUT2D eigenvalue weighted by atomic mass is 10.1. The van der Waals surface area contributed by atoms with Gasteiger partial charge in [-0.25, -0.2) is 9.79 Å². The van der Waals surface area contributed by atoms with Crippen LogP contribution in [-0.4, -0.2) is 24.9 Å². The molecule has 0 aliphatic heterocycles. The molecule has 0 spiro atoms. The van der Waals surface area contributed by atoms with Crippen molar-refractivity contribution >= 4 is 17.4 Å². The predicted octanol–water partition coefficient (Wildman–Crippen LogP) is 4.71. The van der Waals surface area contributed by atoms with Gasteiger partial charge in [-0.05, 0) is 43.2 Å². The van der Waals surface area contributed by atoms with Gasteiger partial charge in [-0.1, -0.05) is 43.8 Å². The molecular formula is C21H23NO3. The van der Waals surface area contributed by atoms with E-state index in [-0.39, 0.29) is 11.8 Å². The first-order chi connectivity index (χ1) is 12.0. The molecule has 2 aromatic carbocycles. The van der Waals surface area contributed by atoms with Crippen LogP contribution in [0, 0.1) is 0 Å². The second-order valence-electron chi connectivity index (χ2n) is 5.67. The Kier molecular flexibility index (Phi) is 6.52. The van der Waals surface area contributed by atoms with Crippen molar-refractivity contribution in [2.24, 2.45) is 4.99 Å². The van der Waals surface area contributed by atoms with Crippen LogP contribution in [0.1, 0.15) is 25.8 Å². The Balaban J connectivity index is 2.37. The van der Waals surface area contributed by atoms with E-state index in [9.17, 15) is 4.79 Å². The maximum Gasteiger partial charge on any atom is 0.358 e. The zero-order valence-corrected chi connectivity index (χ0v) is 14.9. The summed E-state index contributed by atoms with van der Waals surface area (Å²) in [4.78, 5) is 17.2. The van der Waals surface area contributed by atoms with Gasteiger partial charge in [-0.2, -0.15) is 0 Å². The van der Waals surface area contributed by atoms with Crippen LogP contribution in [-0.2, 0) is 9.53 Å². The van der Waals surface area contributed by atoms with Crippen molar-refractivity contribution in [1.82, 2.24) is 0 Å². The van der Waals surface area contributed by atoms with Crippen LogP contribution in [0.5, 0.6) is 5.75 Å². The third-order valence-electron chi connectivity index (χ3n) is 3.72. The molecular weight excluding hydrogens is 314 g/mol. The molecule has 0 aliphatic rings. The van der Waals surface area contributed by atoms with Crippen molar-refractivity contribution in [3.63, 3.8) is 0 Å². The molecule has 0 bridgehead atoms. The van der Waals surface area contributed by atoms with E-state index in [4.69, 9.17) is 9.47 Å². The Labute approximate surface area is 148 Å². The minimum absolute atomic E-state index is 0.269. The van der Waals surface area contributed by atoms with Crippen LogP contribution in [0.4, 0.5) is 5.69 Å². The number of rotatable bonds is 7. The van der Waals surface area contributed by atoms with Crippen LogP contribution in [0.3, 0.4) is 0 Å². The molecule has 0 saturated heterocycles. The lowest BCUT2D eigenvalue weighted by Crippen LogP contribution is -2.25. The average molecular weight is 337 g/mol. The summed E-state index contributed by atoms with van der Waals surface area (Å²) in [6, 6.07) is 16.5. The highest BCUT2D eigenvalue weighted by molar-refractivity contribution is 6.43. The van der Waals surface area contributed by atoms with E-state index >= 15 is 0 Å². The molecule has 0 heterocycles. The molecule has 4 nitrogen and oxygen atoms in total. The van der Waals surface area contributed by atoms with Crippen LogP contribution in [0.25, 0.3) is 0 Å². The number of aliphatic imine (C=N–C) groups is 1. The monoisotopic (exact) mass is 337 g/mol. The highest BCUT2D eigenvalue weighted by Gasteiger charge is 2.20. The van der Waals surface area contributed by atoms with E-state index in [1.165, 1.54) is 0 Å². The van der Waals surface area contributed by atoms with E-state index in [0.717, 1.165) is 11.3 Å². The van der Waals surface area contributed by atoms with Gasteiger partial charge in [0.1, 0.15) is 11.9 Å². The predicted molar refractivity (Wildman–Crippen MR) is 101 cm³/mol. The Hall–Kier alpha value is -2.88. The Morgan fingerprint density at radius 1 is 1.12 bits per heavy atom. The molecule has 0 saturated carbocycles. The van der Waals surface area contributed by atoms with E-state index < -0.39 is 5.97 Å². The first-order valence-corrected chi connectivity index (χ1v) is 8.19. The third kappa shape index (κ3) is 5.05. The topological polar surface area (TPSA) is 47.9 Å². The number of hydrogen-bond donors (Lipinski definition) is 0. The van der Waals surface area contributed by atoms with Crippen molar-refractivity contribution in [2.45, 2.75) is 26.4 Å². The fourth-order valence-corrected chi connectivity index (χ4v) is 2.33. The molecule has 1 unspecified atom stereocenters. The second kappa shape index (κ2) is 8.83. The number of carbonyl (C=O) groups is 1. The summed E-state index contributed by atoms with van der Waals surface area (Å²) in [6.07, 6.45) is 0.350. The molecule has 130 valence electrons. The van der Waals surface area contributed by atoms with Crippen LogP contribution >= 0.6 is 0 Å². The van der Waals surface area contributed by atoms with Gasteiger partial charge >= 0.3 is 5.97 Å². The summed E-state index contributed by atoms with van der Waals surface area (Å²) in [5.74, 6) is 0.271. The molecule has 0 aliphatic carbocycles. The molecule has 0 radical (unpaired) electrons. The molecule has 4 heteroatoms. The first kappa shape index (κ1) is 18.5. The third-order valence-corrected chi connectivity index (χ3v) is 3.72. The van der Waals surface area contributed by atoms with Gasteiger partial charge < -0.3 is 9.47 Å². The van der Waals surface area contributed by atoms with Crippen LogP contribution in [0.2, 0.25) is 0 Å². The van der Waals surface area contributed by atoms with Gasteiger partial charge in [0.2, 0.25) is 0 Å². The van der Waals surface area contributed by atoms with Crippen LogP contribution < -0.4 is 4.74 Å². The largest absolute Gasteiger partial charge is 0.497 e. The Bertz CT molecular complexity index is 748. The van der Waals surface area contributed by atoms with E-state index in [0.29, 0.717) is 17.7 Å². The van der Waals surface area contributed by atoms with E-state index in [1.807, 2.05) is 44.2 Å². The lowest BCUT2D eigenvalue weighted by Gasteiger charge is -2.17. The fourth-order valence-electron chi connectivity index (χ4n) is 2.33. The first-order valence-electron chi connectivity index (χ1n) is 8.19. The Morgan fingerprint density at radius 2 is 1.76 bits per heavy atom. The highest BCUT2D eigenvalue weighted by atomic mass is 16.5. The van der Waals surface area contributed by atoms with Crippen molar-refractivity contribution in [1.29, 1.82) is 0 Å². The maximum atomic E-state index is 12.7. The minimum Gasteiger partial charge on any atom is -0.497 e. The average Bonchev–Trinajstić information content (AvgIpc) is 2.64. The number of hydrogen-bond acceptors (Lipinski definition) is 4. The summed E-state index contributed by atoms with van der Waals surface area (Å²) in [6.45, 7) is 7.69. The van der Waals surface area contributed by atoms with E-state index in [1.54, 1.807) is 31.4 Å². The molecule has 0 N–H and O–H groups in total. The fraction of sp³-hybridized carbons (Fsp3) is 0.238. The zero-order chi connectivity index (χ0) is 18.2. The number of benzene rings is 2. The summed E-state index contributed by atoms with van der Waals surface area (Å²) in [5, 5.41) is 0. The maximum absolute atomic E-state index is 12.7. The summed E-state index contributed by atoms with van der Waals surface area (Å²) in [5.41, 5.74) is 2.44. The SMILES string of the molecule is C=C(C)C(CC)OC(=O)C(=Nc1ccc(OC)cc1)c1ccccc1. The molecule has 2 rings (SSSR count). The molecule has 1 atom stereocenters. The standard InChI is InChI=1S/C21H23NO3/c1-5-19(15(2)3)25-21(23)20(16-9-7-6-8-10-16)22-17-11-13-18(24-4)14-12-17/h6-14,19H,2,5H2,1,3-4H3. The molecule has 0 aromatic heterocycles. The molecule has 0 fully saturated rings. The van der Waals surface area contributed by atoms with Crippen molar-refractivity contribution < 1.29 is 14.3 Å². The van der Waals surface area contributed by atoms with Crippen molar-refractivity contribution in [3.8, 4) is 5.75 Å². The van der Waals surface area contributed by atoms with Gasteiger partial charge in [0.15, 0.2) is 5.71 Å².